The highest BCUT2D eigenvalue weighted by molar-refractivity contribution is 7.89. The summed E-state index contributed by atoms with van der Waals surface area (Å²) in [6, 6.07) is 9.62. The Labute approximate surface area is 140 Å². The topological polar surface area (TPSA) is 96.2 Å². The third-order valence-corrected chi connectivity index (χ3v) is 5.78. The smallest absolute Gasteiger partial charge is 0.243 e. The van der Waals surface area contributed by atoms with Crippen LogP contribution in [0, 0.1) is 11.3 Å². The van der Waals surface area contributed by atoms with E-state index in [2.05, 4.69) is 9.97 Å². The fraction of sp³-hybridized carbons (Fsp3) is 0.312. The molecule has 0 atom stereocenters. The van der Waals surface area contributed by atoms with Crippen LogP contribution in [0.3, 0.4) is 0 Å². The van der Waals surface area contributed by atoms with Crippen molar-refractivity contribution < 1.29 is 13.2 Å². The van der Waals surface area contributed by atoms with Crippen LogP contribution >= 0.6 is 0 Å². The number of sulfonamides is 1. The molecule has 2 heterocycles. The lowest BCUT2D eigenvalue weighted by atomic mass is 10.1. The van der Waals surface area contributed by atoms with Crippen LogP contribution in [0.2, 0.25) is 0 Å². The summed E-state index contributed by atoms with van der Waals surface area (Å²) in [6.45, 7) is 0.774. The van der Waals surface area contributed by atoms with Gasteiger partial charge in [0.15, 0.2) is 0 Å². The van der Waals surface area contributed by atoms with Gasteiger partial charge in [-0.05, 0) is 37.1 Å². The van der Waals surface area contributed by atoms with Gasteiger partial charge in [-0.25, -0.2) is 18.4 Å². The summed E-state index contributed by atoms with van der Waals surface area (Å²) in [4.78, 5) is 8.05. The average Bonchev–Trinajstić information content (AvgIpc) is 2.63. The van der Waals surface area contributed by atoms with Crippen LogP contribution in [0.5, 0.6) is 5.88 Å². The molecule has 24 heavy (non-hydrogen) atoms. The molecular weight excluding hydrogens is 328 g/mol. The monoisotopic (exact) mass is 344 g/mol. The van der Waals surface area contributed by atoms with Crippen LogP contribution in [0.15, 0.2) is 47.8 Å². The molecule has 1 aromatic heterocycles. The van der Waals surface area contributed by atoms with Crippen molar-refractivity contribution in [1.29, 1.82) is 5.26 Å². The van der Waals surface area contributed by atoms with Crippen LogP contribution in [0.25, 0.3) is 0 Å². The first-order valence-corrected chi connectivity index (χ1v) is 8.96. The van der Waals surface area contributed by atoms with E-state index < -0.39 is 10.0 Å². The maximum absolute atomic E-state index is 12.6. The number of ether oxygens (including phenoxy) is 1. The van der Waals surface area contributed by atoms with Gasteiger partial charge < -0.3 is 4.74 Å². The molecule has 1 fully saturated rings. The Hall–Kier alpha value is -2.50. The van der Waals surface area contributed by atoms with Crippen LogP contribution in [-0.2, 0) is 10.0 Å². The molecule has 2 aromatic rings. The van der Waals surface area contributed by atoms with Crippen molar-refractivity contribution in [1.82, 2.24) is 14.3 Å². The lowest BCUT2D eigenvalue weighted by Crippen LogP contribution is -2.41. The number of aromatic nitrogens is 2. The Morgan fingerprint density at radius 3 is 2.46 bits per heavy atom. The van der Waals surface area contributed by atoms with Crippen molar-refractivity contribution in [2.45, 2.75) is 23.8 Å². The molecule has 124 valence electrons. The minimum absolute atomic E-state index is 0.0627. The molecule has 1 aliphatic rings. The number of nitrogens with zero attached hydrogens (tertiary/aromatic N) is 4. The number of benzene rings is 1. The van der Waals surface area contributed by atoms with Crippen LogP contribution < -0.4 is 4.74 Å². The molecule has 0 spiro atoms. The number of hydrogen-bond donors (Lipinski definition) is 0. The van der Waals surface area contributed by atoms with Crippen molar-refractivity contribution >= 4 is 10.0 Å². The second kappa shape index (κ2) is 6.95. The van der Waals surface area contributed by atoms with E-state index in [4.69, 9.17) is 10.00 Å². The molecule has 0 N–H and O–H groups in total. The van der Waals surface area contributed by atoms with Gasteiger partial charge in [0, 0.05) is 25.4 Å². The highest BCUT2D eigenvalue weighted by Crippen LogP contribution is 2.23. The predicted octanol–water partition coefficient (Wildman–Crippen LogP) is 1.58. The van der Waals surface area contributed by atoms with Crippen LogP contribution in [-0.4, -0.2) is 41.9 Å². The van der Waals surface area contributed by atoms with E-state index >= 15 is 0 Å². The van der Waals surface area contributed by atoms with Gasteiger partial charge in [0.05, 0.1) is 16.5 Å². The van der Waals surface area contributed by atoms with Crippen molar-refractivity contribution in [3.63, 3.8) is 0 Å². The summed E-state index contributed by atoms with van der Waals surface area (Å²) in [7, 11) is -3.54. The quantitative estimate of drug-likeness (QED) is 0.835. The summed E-state index contributed by atoms with van der Waals surface area (Å²) in [5, 5.41) is 8.80. The van der Waals surface area contributed by atoms with E-state index in [0.29, 0.717) is 37.4 Å². The first-order chi connectivity index (χ1) is 11.6. The summed E-state index contributed by atoms with van der Waals surface area (Å²) in [5.74, 6) is 0.499. The third-order valence-electron chi connectivity index (χ3n) is 3.86. The zero-order valence-corrected chi connectivity index (χ0v) is 13.7. The number of hydrogen-bond acceptors (Lipinski definition) is 6. The molecule has 0 aliphatic carbocycles. The molecule has 0 saturated carbocycles. The van der Waals surface area contributed by atoms with Gasteiger partial charge >= 0.3 is 0 Å². The van der Waals surface area contributed by atoms with Gasteiger partial charge in [0.1, 0.15) is 12.4 Å². The third kappa shape index (κ3) is 3.53. The Bertz CT molecular complexity index is 824. The fourth-order valence-corrected chi connectivity index (χ4v) is 4.03. The van der Waals surface area contributed by atoms with Crippen molar-refractivity contribution in [3.05, 3.63) is 48.4 Å². The molecule has 8 heteroatoms. The van der Waals surface area contributed by atoms with Gasteiger partial charge in [-0.1, -0.05) is 0 Å². The van der Waals surface area contributed by atoms with Crippen LogP contribution in [0.4, 0.5) is 0 Å². The number of piperidine rings is 1. The molecule has 1 aromatic carbocycles. The lowest BCUT2D eigenvalue weighted by Gasteiger charge is -2.31. The molecule has 0 radical (unpaired) electrons. The molecule has 0 bridgehead atoms. The van der Waals surface area contributed by atoms with E-state index in [9.17, 15) is 8.42 Å². The van der Waals surface area contributed by atoms with Gasteiger partial charge in [-0.15, -0.1) is 0 Å². The highest BCUT2D eigenvalue weighted by Gasteiger charge is 2.30. The fourth-order valence-electron chi connectivity index (χ4n) is 2.56. The second-order valence-electron chi connectivity index (χ2n) is 5.41. The Morgan fingerprint density at radius 1 is 1.17 bits per heavy atom. The summed E-state index contributed by atoms with van der Waals surface area (Å²) in [5.41, 5.74) is 0.436. The zero-order valence-electron chi connectivity index (χ0n) is 12.9. The molecule has 7 nitrogen and oxygen atoms in total. The van der Waals surface area contributed by atoms with Gasteiger partial charge in [-0.3, -0.25) is 0 Å². The minimum atomic E-state index is -3.54. The molecular formula is C16H16N4O3S. The highest BCUT2D eigenvalue weighted by atomic mass is 32.2. The van der Waals surface area contributed by atoms with Crippen molar-refractivity contribution in [2.75, 3.05) is 13.1 Å². The van der Waals surface area contributed by atoms with Crippen LogP contribution in [0.1, 0.15) is 18.4 Å². The van der Waals surface area contributed by atoms with Gasteiger partial charge in [0.2, 0.25) is 15.9 Å². The molecule has 0 unspecified atom stereocenters. The Morgan fingerprint density at radius 2 is 1.88 bits per heavy atom. The van der Waals surface area contributed by atoms with Crippen molar-refractivity contribution in [3.8, 4) is 11.9 Å². The summed E-state index contributed by atoms with van der Waals surface area (Å²) >= 11 is 0. The zero-order chi connectivity index (χ0) is 17.0. The van der Waals surface area contributed by atoms with Gasteiger partial charge in [0.25, 0.3) is 0 Å². The Kier molecular flexibility index (Phi) is 4.74. The van der Waals surface area contributed by atoms with E-state index in [1.807, 2.05) is 6.07 Å². The van der Waals surface area contributed by atoms with E-state index in [1.54, 1.807) is 12.3 Å². The normalized spacial score (nSPS) is 16.5. The largest absolute Gasteiger partial charge is 0.474 e. The Balaban J connectivity index is 1.64. The van der Waals surface area contributed by atoms with E-state index in [1.165, 1.54) is 34.9 Å². The van der Waals surface area contributed by atoms with E-state index in [-0.39, 0.29) is 11.0 Å². The first kappa shape index (κ1) is 16.4. The molecule has 1 saturated heterocycles. The average molecular weight is 344 g/mol. The summed E-state index contributed by atoms with van der Waals surface area (Å²) in [6.07, 6.45) is 4.15. The minimum Gasteiger partial charge on any atom is -0.474 e. The van der Waals surface area contributed by atoms with E-state index in [0.717, 1.165) is 0 Å². The number of rotatable bonds is 4. The standard InChI is InChI=1S/C16H16N4O3S/c17-11-13-1-3-15(4-2-13)24(21,22)20-9-6-14(7-10-20)23-16-5-8-18-12-19-16/h1-5,8,12,14H,6-7,9-10H2. The maximum Gasteiger partial charge on any atom is 0.243 e. The summed E-state index contributed by atoms with van der Waals surface area (Å²) < 4.78 is 32.5. The van der Waals surface area contributed by atoms with Gasteiger partial charge in [-0.2, -0.15) is 9.57 Å². The second-order valence-corrected chi connectivity index (χ2v) is 7.34. The predicted molar refractivity (Wildman–Crippen MR) is 85.6 cm³/mol. The molecule has 3 rings (SSSR count). The first-order valence-electron chi connectivity index (χ1n) is 7.52. The molecule has 1 aliphatic heterocycles. The lowest BCUT2D eigenvalue weighted by molar-refractivity contribution is 0.129. The number of nitriles is 1. The molecule has 0 amide bonds. The SMILES string of the molecule is N#Cc1ccc(S(=O)(=O)N2CCC(Oc3ccncn3)CC2)cc1. The maximum atomic E-state index is 12.6. The van der Waals surface area contributed by atoms with Crippen molar-refractivity contribution in [2.24, 2.45) is 0 Å².